The molecule has 0 spiro atoms. The summed E-state index contributed by atoms with van der Waals surface area (Å²) >= 11 is 0. The highest BCUT2D eigenvalue weighted by Crippen LogP contribution is 2.22. The predicted molar refractivity (Wildman–Crippen MR) is 42.0 cm³/mol. The third-order valence-electron chi connectivity index (χ3n) is 2.66. The number of carboxylic acid groups (broad SMARTS) is 1. The lowest BCUT2D eigenvalue weighted by molar-refractivity contribution is -0.158. The fourth-order valence-electron chi connectivity index (χ4n) is 1.97. The first kappa shape index (κ1) is 8.01. The molecule has 0 amide bonds. The van der Waals surface area contributed by atoms with Gasteiger partial charge in [-0.25, -0.2) is 4.79 Å². The Bertz CT molecular complexity index is 195. The summed E-state index contributed by atoms with van der Waals surface area (Å²) in [5.41, 5.74) is 0. The number of fused-ring (bicyclic) bond motifs is 1. The fraction of sp³-hybridized carbons (Fsp3) is 0.875. The Labute approximate surface area is 71.1 Å². The molecule has 2 atom stereocenters. The van der Waals surface area contributed by atoms with Crippen LogP contribution in [0.4, 0.5) is 0 Å². The molecule has 68 valence electrons. The Morgan fingerprint density at radius 3 is 3.17 bits per heavy atom. The molecule has 0 aliphatic carbocycles. The number of hydrogen-bond donors (Lipinski definition) is 1. The molecule has 2 heterocycles. The second-order valence-corrected chi connectivity index (χ2v) is 3.45. The maximum atomic E-state index is 10.6. The Kier molecular flexibility index (Phi) is 2.02. The molecule has 0 aromatic carbocycles. The normalized spacial score (nSPS) is 36.3. The van der Waals surface area contributed by atoms with E-state index in [1.807, 2.05) is 0 Å². The van der Waals surface area contributed by atoms with Gasteiger partial charge in [0.05, 0.1) is 6.61 Å². The van der Waals surface area contributed by atoms with Crippen molar-refractivity contribution in [3.8, 4) is 0 Å². The first-order chi connectivity index (χ1) is 5.77. The largest absolute Gasteiger partial charge is 0.479 e. The molecule has 2 aliphatic rings. The van der Waals surface area contributed by atoms with Crippen molar-refractivity contribution in [2.24, 2.45) is 0 Å². The number of carboxylic acids is 1. The van der Waals surface area contributed by atoms with Crippen LogP contribution in [0.5, 0.6) is 0 Å². The van der Waals surface area contributed by atoms with Crippen LogP contribution in [0.15, 0.2) is 0 Å². The molecule has 0 saturated carbocycles. The van der Waals surface area contributed by atoms with Crippen LogP contribution in [0.2, 0.25) is 0 Å². The minimum atomic E-state index is -0.833. The monoisotopic (exact) mass is 171 g/mol. The van der Waals surface area contributed by atoms with Crippen molar-refractivity contribution in [1.82, 2.24) is 4.90 Å². The number of nitrogens with zero attached hydrogens (tertiary/aromatic N) is 1. The van der Waals surface area contributed by atoms with E-state index in [1.165, 1.54) is 6.42 Å². The summed E-state index contributed by atoms with van der Waals surface area (Å²) in [5.74, 6) is -0.833. The van der Waals surface area contributed by atoms with E-state index in [-0.39, 0.29) is 0 Å². The third kappa shape index (κ3) is 1.32. The van der Waals surface area contributed by atoms with Gasteiger partial charge in [0.15, 0.2) is 6.10 Å². The Balaban J connectivity index is 1.96. The zero-order valence-electron chi connectivity index (χ0n) is 6.90. The molecule has 2 fully saturated rings. The zero-order valence-corrected chi connectivity index (χ0v) is 6.90. The number of ether oxygens (including phenoxy) is 1. The Morgan fingerprint density at radius 2 is 2.42 bits per heavy atom. The first-order valence-corrected chi connectivity index (χ1v) is 4.36. The lowest BCUT2D eigenvalue weighted by atomic mass is 10.2. The van der Waals surface area contributed by atoms with Crippen molar-refractivity contribution in [3.63, 3.8) is 0 Å². The van der Waals surface area contributed by atoms with Gasteiger partial charge in [0.1, 0.15) is 0 Å². The second kappa shape index (κ2) is 3.03. The summed E-state index contributed by atoms with van der Waals surface area (Å²) in [6.07, 6.45) is 1.74. The van der Waals surface area contributed by atoms with E-state index in [4.69, 9.17) is 9.84 Å². The van der Waals surface area contributed by atoms with Crippen molar-refractivity contribution in [1.29, 1.82) is 0 Å². The highest BCUT2D eigenvalue weighted by Gasteiger charge is 2.34. The molecule has 0 aromatic heterocycles. The highest BCUT2D eigenvalue weighted by atomic mass is 16.5. The topological polar surface area (TPSA) is 49.8 Å². The van der Waals surface area contributed by atoms with Crippen LogP contribution in [0.1, 0.15) is 12.8 Å². The minimum absolute atomic E-state index is 0.487. The van der Waals surface area contributed by atoms with E-state index >= 15 is 0 Å². The van der Waals surface area contributed by atoms with Gasteiger partial charge in [0, 0.05) is 12.6 Å². The van der Waals surface area contributed by atoms with E-state index in [1.54, 1.807) is 0 Å². The van der Waals surface area contributed by atoms with Gasteiger partial charge in [0.25, 0.3) is 0 Å². The standard InChI is InChI=1S/C8H13NO3/c10-8(11)7-4-9-3-1-2-6(9)5-12-7/h6-7H,1-5H2,(H,10,11). The molecular formula is C8H13NO3. The molecule has 2 saturated heterocycles. The van der Waals surface area contributed by atoms with Crippen LogP contribution in [0.3, 0.4) is 0 Å². The Morgan fingerprint density at radius 1 is 1.58 bits per heavy atom. The number of aliphatic carboxylic acids is 1. The molecule has 2 rings (SSSR count). The van der Waals surface area contributed by atoms with Crippen molar-refractivity contribution in [2.45, 2.75) is 25.0 Å². The lowest BCUT2D eigenvalue weighted by Crippen LogP contribution is -2.48. The van der Waals surface area contributed by atoms with Crippen molar-refractivity contribution >= 4 is 5.97 Å². The molecule has 4 nitrogen and oxygen atoms in total. The summed E-state index contributed by atoms with van der Waals surface area (Å²) < 4.78 is 5.21. The number of carbonyl (C=O) groups is 1. The van der Waals surface area contributed by atoms with Crippen molar-refractivity contribution in [2.75, 3.05) is 19.7 Å². The molecular weight excluding hydrogens is 158 g/mol. The smallest absolute Gasteiger partial charge is 0.334 e. The fourth-order valence-corrected chi connectivity index (χ4v) is 1.97. The number of hydrogen-bond acceptors (Lipinski definition) is 3. The highest BCUT2D eigenvalue weighted by molar-refractivity contribution is 5.72. The summed E-state index contributed by atoms with van der Waals surface area (Å²) in [5, 5.41) is 8.71. The molecule has 2 aliphatic heterocycles. The maximum absolute atomic E-state index is 10.6. The number of morpholine rings is 1. The van der Waals surface area contributed by atoms with E-state index < -0.39 is 12.1 Å². The van der Waals surface area contributed by atoms with Gasteiger partial charge < -0.3 is 9.84 Å². The lowest BCUT2D eigenvalue weighted by Gasteiger charge is -2.32. The van der Waals surface area contributed by atoms with Crippen LogP contribution in [-0.4, -0.2) is 47.8 Å². The van der Waals surface area contributed by atoms with Gasteiger partial charge in [-0.2, -0.15) is 0 Å². The quantitative estimate of drug-likeness (QED) is 0.600. The van der Waals surface area contributed by atoms with Gasteiger partial charge in [-0.05, 0) is 19.4 Å². The number of rotatable bonds is 1. The van der Waals surface area contributed by atoms with Crippen LogP contribution in [-0.2, 0) is 9.53 Å². The van der Waals surface area contributed by atoms with Crippen LogP contribution >= 0.6 is 0 Å². The average molecular weight is 171 g/mol. The van der Waals surface area contributed by atoms with E-state index in [9.17, 15) is 4.79 Å². The molecule has 2 unspecified atom stereocenters. The molecule has 0 radical (unpaired) electrons. The second-order valence-electron chi connectivity index (χ2n) is 3.45. The first-order valence-electron chi connectivity index (χ1n) is 4.36. The van der Waals surface area contributed by atoms with Crippen molar-refractivity contribution < 1.29 is 14.6 Å². The van der Waals surface area contributed by atoms with Gasteiger partial charge in [-0.3, -0.25) is 4.90 Å². The SMILES string of the molecule is O=C(O)C1CN2CCCC2CO1. The molecule has 0 aromatic rings. The predicted octanol–water partition coefficient (Wildman–Crippen LogP) is -0.0658. The summed E-state index contributed by atoms with van der Waals surface area (Å²) in [6, 6.07) is 0.487. The summed E-state index contributed by atoms with van der Waals surface area (Å²) in [6.45, 7) is 2.20. The van der Waals surface area contributed by atoms with Crippen LogP contribution < -0.4 is 0 Å². The van der Waals surface area contributed by atoms with Crippen LogP contribution in [0.25, 0.3) is 0 Å². The van der Waals surface area contributed by atoms with Crippen LogP contribution in [0, 0.1) is 0 Å². The van der Waals surface area contributed by atoms with E-state index in [0.29, 0.717) is 19.2 Å². The maximum Gasteiger partial charge on any atom is 0.334 e. The molecule has 12 heavy (non-hydrogen) atoms. The van der Waals surface area contributed by atoms with Gasteiger partial charge in [-0.15, -0.1) is 0 Å². The minimum Gasteiger partial charge on any atom is -0.479 e. The molecule has 0 bridgehead atoms. The van der Waals surface area contributed by atoms with Gasteiger partial charge in [-0.1, -0.05) is 0 Å². The average Bonchev–Trinajstić information content (AvgIpc) is 2.49. The van der Waals surface area contributed by atoms with E-state index in [0.717, 1.165) is 13.0 Å². The zero-order chi connectivity index (χ0) is 8.55. The Hall–Kier alpha value is -0.610. The molecule has 4 heteroatoms. The summed E-state index contributed by atoms with van der Waals surface area (Å²) in [4.78, 5) is 12.8. The van der Waals surface area contributed by atoms with Crippen molar-refractivity contribution in [3.05, 3.63) is 0 Å². The van der Waals surface area contributed by atoms with E-state index in [2.05, 4.69) is 4.90 Å². The summed E-state index contributed by atoms with van der Waals surface area (Å²) in [7, 11) is 0. The van der Waals surface area contributed by atoms with Gasteiger partial charge >= 0.3 is 5.97 Å². The van der Waals surface area contributed by atoms with Gasteiger partial charge in [0.2, 0.25) is 0 Å². The molecule has 1 N–H and O–H groups in total. The third-order valence-corrected chi connectivity index (χ3v) is 2.66.